The fourth-order valence-electron chi connectivity index (χ4n) is 2.31. The number of benzene rings is 1. The maximum absolute atomic E-state index is 11.4. The summed E-state index contributed by atoms with van der Waals surface area (Å²) in [6.07, 6.45) is 0.700. The van der Waals surface area contributed by atoms with E-state index in [0.717, 1.165) is 11.3 Å². The molecule has 5 heteroatoms. The van der Waals surface area contributed by atoms with E-state index >= 15 is 0 Å². The molecule has 2 heterocycles. The van der Waals surface area contributed by atoms with Crippen LogP contribution in [0.4, 0.5) is 4.79 Å². The molecule has 16 heavy (non-hydrogen) atoms. The molecule has 0 aliphatic carbocycles. The summed E-state index contributed by atoms with van der Waals surface area (Å²) in [4.78, 5) is 11.4. The number of amides is 2. The van der Waals surface area contributed by atoms with Crippen molar-refractivity contribution in [3.05, 3.63) is 28.8 Å². The predicted octanol–water partition coefficient (Wildman–Crippen LogP) is 2.19. The first-order valence-electron chi connectivity index (χ1n) is 5.13. The van der Waals surface area contributed by atoms with Crippen molar-refractivity contribution in [1.29, 1.82) is 0 Å². The van der Waals surface area contributed by atoms with Crippen LogP contribution in [-0.4, -0.2) is 11.8 Å². The zero-order valence-electron chi connectivity index (χ0n) is 8.71. The van der Waals surface area contributed by atoms with Crippen LogP contribution >= 0.6 is 11.6 Å². The molecule has 0 radical (unpaired) electrons. The molecule has 1 saturated heterocycles. The Morgan fingerprint density at radius 1 is 1.56 bits per heavy atom. The molecule has 2 bridgehead atoms. The van der Waals surface area contributed by atoms with Gasteiger partial charge < -0.3 is 15.4 Å². The van der Waals surface area contributed by atoms with E-state index in [0.29, 0.717) is 11.4 Å². The van der Waals surface area contributed by atoms with Crippen LogP contribution in [0.1, 0.15) is 24.9 Å². The number of urea groups is 1. The standard InChI is InChI=1S/C11H11ClN2O2/c1-11-5-8(13-10(15)14-11)7-4-6(12)2-3-9(7)16-11/h2-4,8H,5H2,1H3,(H2,13,14,15)/t8-,11-/m1/s1. The van der Waals surface area contributed by atoms with Crippen LogP contribution < -0.4 is 15.4 Å². The van der Waals surface area contributed by atoms with E-state index in [-0.39, 0.29) is 12.1 Å². The largest absolute Gasteiger partial charge is 0.468 e. The second-order valence-corrected chi connectivity index (χ2v) is 4.81. The fraction of sp³-hybridized carbons (Fsp3) is 0.364. The summed E-state index contributed by atoms with van der Waals surface area (Å²) in [6.45, 7) is 1.87. The molecule has 2 atom stereocenters. The Kier molecular flexibility index (Phi) is 1.86. The molecule has 1 aromatic rings. The van der Waals surface area contributed by atoms with Crippen LogP contribution in [0, 0.1) is 0 Å². The number of rotatable bonds is 0. The quantitative estimate of drug-likeness (QED) is 0.728. The molecule has 84 valence electrons. The summed E-state index contributed by atoms with van der Waals surface area (Å²) in [5.41, 5.74) is 0.327. The van der Waals surface area contributed by atoms with Gasteiger partial charge in [0.25, 0.3) is 0 Å². The first-order chi connectivity index (χ1) is 7.56. The Hall–Kier alpha value is -1.42. The van der Waals surface area contributed by atoms with Crippen LogP contribution in [0.2, 0.25) is 5.02 Å². The summed E-state index contributed by atoms with van der Waals surface area (Å²) >= 11 is 5.94. The van der Waals surface area contributed by atoms with Crippen LogP contribution in [0.25, 0.3) is 0 Å². The lowest BCUT2D eigenvalue weighted by Gasteiger charge is -2.44. The van der Waals surface area contributed by atoms with Gasteiger partial charge in [0.2, 0.25) is 0 Å². The lowest BCUT2D eigenvalue weighted by atomic mass is 9.92. The Morgan fingerprint density at radius 2 is 2.38 bits per heavy atom. The number of nitrogens with one attached hydrogen (secondary N) is 2. The molecule has 2 N–H and O–H groups in total. The summed E-state index contributed by atoms with van der Waals surface area (Å²) in [7, 11) is 0. The number of fused-ring (bicyclic) bond motifs is 4. The van der Waals surface area contributed by atoms with E-state index in [1.54, 1.807) is 6.07 Å². The molecule has 2 aliphatic heterocycles. The molecule has 0 saturated carbocycles. The van der Waals surface area contributed by atoms with Gasteiger partial charge in [0.05, 0.1) is 6.04 Å². The first-order valence-corrected chi connectivity index (χ1v) is 5.51. The Labute approximate surface area is 97.9 Å². The number of carbonyl (C=O) groups excluding carboxylic acids is 1. The van der Waals surface area contributed by atoms with E-state index in [1.807, 2.05) is 19.1 Å². The lowest BCUT2D eigenvalue weighted by Crippen LogP contribution is -2.62. The van der Waals surface area contributed by atoms with Gasteiger partial charge in [-0.2, -0.15) is 0 Å². The Bertz CT molecular complexity index is 477. The SMILES string of the molecule is C[C@@]12C[C@@H](NC(=O)N1)c1cc(Cl)ccc1O2. The minimum atomic E-state index is -0.617. The van der Waals surface area contributed by atoms with Gasteiger partial charge in [-0.1, -0.05) is 11.6 Å². The normalized spacial score (nSPS) is 30.9. The average molecular weight is 239 g/mol. The zero-order valence-corrected chi connectivity index (χ0v) is 9.47. The molecule has 4 nitrogen and oxygen atoms in total. The third-order valence-electron chi connectivity index (χ3n) is 2.96. The molecule has 0 unspecified atom stereocenters. The second-order valence-electron chi connectivity index (χ2n) is 4.37. The van der Waals surface area contributed by atoms with Gasteiger partial charge in [0, 0.05) is 17.0 Å². The first kappa shape index (κ1) is 9.78. The lowest BCUT2D eigenvalue weighted by molar-refractivity contribution is 0.0119. The average Bonchev–Trinajstić information content (AvgIpc) is 2.17. The van der Waals surface area contributed by atoms with Gasteiger partial charge in [-0.3, -0.25) is 0 Å². The third-order valence-corrected chi connectivity index (χ3v) is 3.19. The summed E-state index contributed by atoms with van der Waals surface area (Å²) < 4.78 is 5.79. The van der Waals surface area contributed by atoms with E-state index < -0.39 is 5.72 Å². The number of ether oxygens (including phenoxy) is 1. The molecule has 2 amide bonds. The smallest absolute Gasteiger partial charge is 0.318 e. The van der Waals surface area contributed by atoms with Crippen molar-refractivity contribution < 1.29 is 9.53 Å². The van der Waals surface area contributed by atoms with Crippen molar-refractivity contribution >= 4 is 17.6 Å². The summed E-state index contributed by atoms with van der Waals surface area (Å²) in [6, 6.07) is 5.23. The van der Waals surface area contributed by atoms with Crippen LogP contribution in [0.15, 0.2) is 18.2 Å². The number of hydrogen-bond acceptors (Lipinski definition) is 2. The highest BCUT2D eigenvalue weighted by atomic mass is 35.5. The van der Waals surface area contributed by atoms with Crippen molar-refractivity contribution in [3.8, 4) is 5.75 Å². The molecule has 1 fully saturated rings. The van der Waals surface area contributed by atoms with Crippen LogP contribution in [0.5, 0.6) is 5.75 Å². The third kappa shape index (κ3) is 1.41. The highest BCUT2D eigenvalue weighted by Gasteiger charge is 2.43. The summed E-state index contributed by atoms with van der Waals surface area (Å²) in [5.74, 6) is 0.774. The van der Waals surface area contributed by atoms with Crippen molar-refractivity contribution in [1.82, 2.24) is 10.6 Å². The zero-order chi connectivity index (χ0) is 11.3. The van der Waals surface area contributed by atoms with Crippen molar-refractivity contribution in [2.24, 2.45) is 0 Å². The number of carbonyl (C=O) groups is 1. The molecule has 0 spiro atoms. The predicted molar refractivity (Wildman–Crippen MR) is 59.5 cm³/mol. The highest BCUT2D eigenvalue weighted by Crippen LogP contribution is 2.41. The van der Waals surface area contributed by atoms with Gasteiger partial charge in [-0.15, -0.1) is 0 Å². The van der Waals surface area contributed by atoms with E-state index in [9.17, 15) is 4.79 Å². The molecule has 2 aliphatic rings. The fourth-order valence-corrected chi connectivity index (χ4v) is 2.49. The highest BCUT2D eigenvalue weighted by molar-refractivity contribution is 6.30. The maximum Gasteiger partial charge on any atom is 0.318 e. The van der Waals surface area contributed by atoms with E-state index in [4.69, 9.17) is 16.3 Å². The van der Waals surface area contributed by atoms with Gasteiger partial charge in [0.15, 0.2) is 5.72 Å². The minimum Gasteiger partial charge on any atom is -0.468 e. The van der Waals surface area contributed by atoms with Gasteiger partial charge >= 0.3 is 6.03 Å². The van der Waals surface area contributed by atoms with Crippen molar-refractivity contribution in [2.45, 2.75) is 25.1 Å². The van der Waals surface area contributed by atoms with Crippen LogP contribution in [0.3, 0.4) is 0 Å². The molecular weight excluding hydrogens is 228 g/mol. The second kappa shape index (κ2) is 3.04. The number of halogens is 1. The molecule has 3 rings (SSSR count). The van der Waals surface area contributed by atoms with Crippen LogP contribution in [-0.2, 0) is 0 Å². The van der Waals surface area contributed by atoms with E-state index in [1.165, 1.54) is 0 Å². The monoisotopic (exact) mass is 238 g/mol. The topological polar surface area (TPSA) is 50.4 Å². The Balaban J connectivity index is 2.10. The van der Waals surface area contributed by atoms with Gasteiger partial charge in [-0.05, 0) is 25.1 Å². The molecule has 1 aromatic carbocycles. The minimum absolute atomic E-state index is 0.0267. The van der Waals surface area contributed by atoms with Crippen molar-refractivity contribution in [3.63, 3.8) is 0 Å². The summed E-state index contributed by atoms with van der Waals surface area (Å²) in [5, 5.41) is 6.29. The van der Waals surface area contributed by atoms with Gasteiger partial charge in [0.1, 0.15) is 5.75 Å². The van der Waals surface area contributed by atoms with Crippen molar-refractivity contribution in [2.75, 3.05) is 0 Å². The maximum atomic E-state index is 11.4. The van der Waals surface area contributed by atoms with Gasteiger partial charge in [-0.25, -0.2) is 4.79 Å². The molecule has 0 aromatic heterocycles. The number of hydrogen-bond donors (Lipinski definition) is 2. The Morgan fingerprint density at radius 3 is 3.19 bits per heavy atom. The van der Waals surface area contributed by atoms with E-state index in [2.05, 4.69) is 10.6 Å². The molecular formula is C11H11ClN2O2.